The lowest BCUT2D eigenvalue weighted by atomic mass is 9.43. The summed E-state index contributed by atoms with van der Waals surface area (Å²) in [5.74, 6) is 1.76. The van der Waals surface area contributed by atoms with Crippen molar-refractivity contribution in [1.82, 2.24) is 0 Å². The van der Waals surface area contributed by atoms with Crippen molar-refractivity contribution in [3.05, 3.63) is 53.6 Å². The summed E-state index contributed by atoms with van der Waals surface area (Å²) < 4.78 is 21.9. The van der Waals surface area contributed by atoms with Gasteiger partial charge in [-0.2, -0.15) is 0 Å². The standard InChI is InChI=1S/C28H32O7/c1-32-23-8-3-18(10-24(23)33-2)15-35-26(31)28-13-19-9-20(14-28)12-27(11-19,17-28)21-4-6-22(7-5-21)34-16-25(29)30/h3-8,10,19-20H,9,11-17H2,1-2H3,(H,29,30). The average Bonchev–Trinajstić information content (AvgIpc) is 2.85. The Morgan fingerprint density at radius 1 is 0.943 bits per heavy atom. The predicted octanol–water partition coefficient (Wildman–Crippen LogP) is 4.75. The summed E-state index contributed by atoms with van der Waals surface area (Å²) in [6.45, 7) is -0.150. The molecule has 4 aliphatic rings. The first-order valence-electron chi connectivity index (χ1n) is 12.2. The van der Waals surface area contributed by atoms with Gasteiger partial charge in [-0.3, -0.25) is 4.79 Å². The van der Waals surface area contributed by atoms with Gasteiger partial charge in [-0.05, 0) is 91.2 Å². The van der Waals surface area contributed by atoms with E-state index < -0.39 is 11.4 Å². The second kappa shape index (κ2) is 9.10. The molecule has 4 fully saturated rings. The highest BCUT2D eigenvalue weighted by molar-refractivity contribution is 5.78. The van der Waals surface area contributed by atoms with Crippen molar-refractivity contribution in [3.8, 4) is 17.2 Å². The van der Waals surface area contributed by atoms with E-state index in [1.807, 2.05) is 42.5 Å². The summed E-state index contributed by atoms with van der Waals surface area (Å²) in [5, 5.41) is 8.85. The first-order chi connectivity index (χ1) is 16.8. The molecule has 2 unspecified atom stereocenters. The molecule has 7 nitrogen and oxygen atoms in total. The maximum absolute atomic E-state index is 13.6. The van der Waals surface area contributed by atoms with E-state index in [0.717, 1.165) is 37.7 Å². The number of carboxylic acids is 1. The van der Waals surface area contributed by atoms with Crippen LogP contribution >= 0.6 is 0 Å². The third-order valence-electron chi connectivity index (χ3n) is 8.14. The Bertz CT molecular complexity index is 1090. The third-order valence-corrected chi connectivity index (χ3v) is 8.14. The van der Waals surface area contributed by atoms with Crippen LogP contribution in [-0.4, -0.2) is 37.9 Å². The first-order valence-corrected chi connectivity index (χ1v) is 12.2. The molecule has 0 heterocycles. The summed E-state index contributed by atoms with van der Waals surface area (Å²) in [5.41, 5.74) is 1.59. The van der Waals surface area contributed by atoms with Crippen LogP contribution in [0.1, 0.15) is 49.7 Å². The van der Waals surface area contributed by atoms with Crippen LogP contribution in [-0.2, 0) is 26.3 Å². The van der Waals surface area contributed by atoms with E-state index in [1.54, 1.807) is 14.2 Å². The van der Waals surface area contributed by atoms with Crippen LogP contribution in [0.4, 0.5) is 0 Å². The Hall–Kier alpha value is -3.22. The smallest absolute Gasteiger partial charge is 0.341 e. The zero-order chi connectivity index (χ0) is 24.6. The minimum Gasteiger partial charge on any atom is -0.493 e. The molecule has 4 aliphatic carbocycles. The summed E-state index contributed by atoms with van der Waals surface area (Å²) in [6.07, 6.45) is 5.96. The van der Waals surface area contributed by atoms with Crippen LogP contribution in [0.25, 0.3) is 0 Å². The van der Waals surface area contributed by atoms with E-state index in [1.165, 1.54) is 12.0 Å². The van der Waals surface area contributed by atoms with Gasteiger partial charge in [0, 0.05) is 0 Å². The molecule has 4 bridgehead atoms. The van der Waals surface area contributed by atoms with Crippen molar-refractivity contribution in [3.63, 3.8) is 0 Å². The van der Waals surface area contributed by atoms with Gasteiger partial charge >= 0.3 is 11.9 Å². The molecule has 6 rings (SSSR count). The van der Waals surface area contributed by atoms with Gasteiger partial charge in [0.1, 0.15) is 12.4 Å². The van der Waals surface area contributed by atoms with Crippen LogP contribution in [0.2, 0.25) is 0 Å². The zero-order valence-corrected chi connectivity index (χ0v) is 20.2. The highest BCUT2D eigenvalue weighted by atomic mass is 16.5. The first kappa shape index (κ1) is 23.5. The van der Waals surface area contributed by atoms with E-state index in [-0.39, 0.29) is 24.6 Å². The Labute approximate surface area is 205 Å². The van der Waals surface area contributed by atoms with Gasteiger partial charge < -0.3 is 24.1 Å². The van der Waals surface area contributed by atoms with Crippen LogP contribution in [0, 0.1) is 17.3 Å². The fraction of sp³-hybridized carbons (Fsp3) is 0.500. The number of benzene rings is 2. The number of ether oxygens (including phenoxy) is 4. The largest absolute Gasteiger partial charge is 0.493 e. The van der Waals surface area contributed by atoms with Crippen molar-refractivity contribution < 1.29 is 33.6 Å². The highest BCUT2D eigenvalue weighted by Gasteiger charge is 2.61. The van der Waals surface area contributed by atoms with Gasteiger partial charge in [-0.15, -0.1) is 0 Å². The van der Waals surface area contributed by atoms with Crippen LogP contribution in [0.15, 0.2) is 42.5 Å². The van der Waals surface area contributed by atoms with Crippen molar-refractivity contribution >= 4 is 11.9 Å². The van der Waals surface area contributed by atoms with Gasteiger partial charge in [0.2, 0.25) is 0 Å². The van der Waals surface area contributed by atoms with E-state index in [4.69, 9.17) is 24.1 Å². The molecule has 4 saturated carbocycles. The van der Waals surface area contributed by atoms with Crippen molar-refractivity contribution in [1.29, 1.82) is 0 Å². The number of hydrogen-bond donors (Lipinski definition) is 1. The van der Waals surface area contributed by atoms with Crippen LogP contribution < -0.4 is 14.2 Å². The molecule has 186 valence electrons. The zero-order valence-electron chi connectivity index (χ0n) is 20.2. The lowest BCUT2D eigenvalue weighted by Crippen LogP contribution is -2.57. The molecule has 2 atom stereocenters. The second-order valence-corrected chi connectivity index (χ2v) is 10.5. The van der Waals surface area contributed by atoms with Gasteiger partial charge in [-0.25, -0.2) is 4.79 Å². The lowest BCUT2D eigenvalue weighted by molar-refractivity contribution is -0.175. The normalized spacial score (nSPS) is 28.4. The molecule has 0 saturated heterocycles. The maximum Gasteiger partial charge on any atom is 0.341 e. The maximum atomic E-state index is 13.6. The Kier molecular flexibility index (Phi) is 6.11. The van der Waals surface area contributed by atoms with Crippen LogP contribution in [0.5, 0.6) is 17.2 Å². The molecular formula is C28H32O7. The summed E-state index contributed by atoms with van der Waals surface area (Å²) >= 11 is 0. The minimum atomic E-state index is -0.997. The molecule has 0 amide bonds. The number of carbonyl (C=O) groups excluding carboxylic acids is 1. The Morgan fingerprint density at radius 3 is 2.26 bits per heavy atom. The molecule has 35 heavy (non-hydrogen) atoms. The quantitative estimate of drug-likeness (QED) is 0.518. The highest BCUT2D eigenvalue weighted by Crippen LogP contribution is 2.66. The monoisotopic (exact) mass is 480 g/mol. The average molecular weight is 481 g/mol. The van der Waals surface area contributed by atoms with E-state index >= 15 is 0 Å². The number of methoxy groups -OCH3 is 2. The topological polar surface area (TPSA) is 91.3 Å². The molecular weight excluding hydrogens is 448 g/mol. The van der Waals surface area contributed by atoms with Crippen molar-refractivity contribution in [2.75, 3.05) is 20.8 Å². The fourth-order valence-corrected chi connectivity index (χ4v) is 7.16. The SMILES string of the molecule is COc1ccc(COC(=O)C23CC4CC(C2)CC(c2ccc(OCC(=O)O)cc2)(C4)C3)cc1OC. The van der Waals surface area contributed by atoms with Crippen molar-refractivity contribution in [2.24, 2.45) is 17.3 Å². The fourth-order valence-electron chi connectivity index (χ4n) is 7.16. The van der Waals surface area contributed by atoms with E-state index in [9.17, 15) is 9.59 Å². The molecule has 0 radical (unpaired) electrons. The number of esters is 1. The summed E-state index contributed by atoms with van der Waals surface area (Å²) in [4.78, 5) is 24.4. The second-order valence-electron chi connectivity index (χ2n) is 10.5. The summed E-state index contributed by atoms with van der Waals surface area (Å²) in [7, 11) is 3.18. The minimum absolute atomic E-state index is 0.0439. The Morgan fingerprint density at radius 2 is 1.63 bits per heavy atom. The molecule has 1 N–H and O–H groups in total. The van der Waals surface area contributed by atoms with Gasteiger partial charge in [0.05, 0.1) is 19.6 Å². The Balaban J connectivity index is 1.32. The molecule has 2 aromatic rings. The van der Waals surface area contributed by atoms with E-state index in [2.05, 4.69) is 0 Å². The number of rotatable bonds is 9. The van der Waals surface area contributed by atoms with Crippen molar-refractivity contribution in [2.45, 2.75) is 50.5 Å². The van der Waals surface area contributed by atoms with Gasteiger partial charge in [-0.1, -0.05) is 18.2 Å². The van der Waals surface area contributed by atoms with Crippen LogP contribution in [0.3, 0.4) is 0 Å². The van der Waals surface area contributed by atoms with Gasteiger partial charge in [0.25, 0.3) is 0 Å². The van der Waals surface area contributed by atoms with E-state index in [0.29, 0.717) is 29.1 Å². The number of hydrogen-bond acceptors (Lipinski definition) is 6. The molecule has 0 spiro atoms. The number of aliphatic carboxylic acids is 1. The third kappa shape index (κ3) is 4.44. The summed E-state index contributed by atoms with van der Waals surface area (Å²) in [6, 6.07) is 13.4. The molecule has 0 aromatic heterocycles. The number of carbonyl (C=O) groups is 2. The predicted molar refractivity (Wildman–Crippen MR) is 128 cm³/mol. The lowest BCUT2D eigenvalue weighted by Gasteiger charge is -2.61. The molecule has 0 aliphatic heterocycles. The molecule has 7 heteroatoms. The van der Waals surface area contributed by atoms with Gasteiger partial charge in [0.15, 0.2) is 18.1 Å². The number of carboxylic acid groups (broad SMARTS) is 1. The molecule has 2 aromatic carbocycles.